The van der Waals surface area contributed by atoms with E-state index >= 15 is 4.79 Å². The van der Waals surface area contributed by atoms with Crippen LogP contribution in [0.15, 0.2) is 64.9 Å². The normalized spacial score (nSPS) is 15.1. The Labute approximate surface area is 804 Å². The van der Waals surface area contributed by atoms with E-state index in [1.807, 2.05) is 39.6 Å². The predicted octanol–water partition coefficient (Wildman–Crippen LogP) is 3.87. The number of aromatic nitrogens is 5. The van der Waals surface area contributed by atoms with Gasteiger partial charge in [0.2, 0.25) is 35.5 Å². The van der Waals surface area contributed by atoms with Crippen LogP contribution in [0.25, 0.3) is 11.2 Å². The number of ether oxygens (including phenoxy) is 3. The lowest BCUT2D eigenvalue weighted by atomic mass is 9.90. The number of nitrogens with one attached hydrogen (secondary N) is 11. The Balaban J connectivity index is 1.02. The topological polar surface area (TPSA) is 731 Å². The number of phenols is 1. The number of piperidine rings is 1. The number of esters is 2. The van der Waals surface area contributed by atoms with Gasteiger partial charge in [0.05, 0.1) is 73.6 Å². The number of rotatable bonds is 60. The van der Waals surface area contributed by atoms with Crippen LogP contribution in [0.4, 0.5) is 16.4 Å². The highest BCUT2D eigenvalue weighted by Crippen LogP contribution is 2.34. The van der Waals surface area contributed by atoms with Gasteiger partial charge in [-0.25, -0.2) is 30.0 Å². The van der Waals surface area contributed by atoms with Crippen molar-refractivity contribution < 1.29 is 131 Å². The van der Waals surface area contributed by atoms with Gasteiger partial charge in [0.1, 0.15) is 40.9 Å². The lowest BCUT2D eigenvalue weighted by Crippen LogP contribution is -2.59. The third-order valence-electron chi connectivity index (χ3n) is 22.3. The number of hydrogen-bond acceptors (Lipinski definition) is 34. The van der Waals surface area contributed by atoms with E-state index in [9.17, 15) is 117 Å². The van der Waals surface area contributed by atoms with Crippen molar-refractivity contribution in [1.82, 2.24) is 77.5 Å². The Morgan fingerprint density at radius 1 is 0.703 bits per heavy atom. The minimum atomic E-state index is -2.03. The number of thiazole rings is 1. The lowest BCUT2D eigenvalue weighted by Gasteiger charge is -2.39. The van der Waals surface area contributed by atoms with Crippen molar-refractivity contribution in [3.05, 3.63) is 98.0 Å². The number of amides is 8. The maximum absolute atomic E-state index is 15.1. The molecule has 1 aliphatic heterocycles. The molecule has 8 amide bonds. The van der Waals surface area contributed by atoms with Crippen LogP contribution >= 0.6 is 32.9 Å². The van der Waals surface area contributed by atoms with Gasteiger partial charge in [0.15, 0.2) is 41.5 Å². The van der Waals surface area contributed by atoms with Gasteiger partial charge in [-0.15, -0.1) is 11.3 Å². The standard InChI is InChI=1S/C88H121N19O28S3/c1-9-14-71(119)134-44-107(83(127)72(46(5)10-2)101-80(125)63-16-11-12-28-106(63)8)64(45(3)4)39-67(135-48(7)108)82-100-62(43-136-82)79(124)96-55(32-49-17-23-57(109)24-18-49)31-47(6)75(120)104-105-88(132)133-29-30-137-138-42-53(84(128)129)35-66(112)61(38-70(117)118)99-78(123)52(37-69(115)116)34-65(111)59(15-13-27-92-86(89)90)97-77(122)51(36-68(113)114)33-58(110)25-26-60(85(130)131)98-76(121)50-19-21-54(22-20-50)93-40-56-41-94-74-73(95-56)81(126)103-87(91)102-74/h17-24,41,43,45-47,51-53,55,59-61,63-64,67,72,93,109H,9-16,25-40,42,44H2,1-8H3,(H,96,124)(H,97,122)(H,98,121)(H,99,123)(H,101,125)(H,104,120)(H,105,132)(H,113,114)(H,115,116)(H,117,118)(H,128,129)(H,130,131)(H4,89,90,92)(H3,91,94,102,103,126)/t46?,47-,51+,52+,53+,55+,59+,60+,61+,63+,64+,67+,72-/m0/s1. The Morgan fingerprint density at radius 2 is 1.36 bits per heavy atom. The number of benzene rings is 2. The molecule has 1 fully saturated rings. The molecule has 6 rings (SSSR count). The minimum Gasteiger partial charge on any atom is -0.508 e. The van der Waals surface area contributed by atoms with Crippen molar-refractivity contribution in [2.24, 2.45) is 41.2 Å². The first-order valence-electron chi connectivity index (χ1n) is 44.5. The highest BCUT2D eigenvalue weighted by Gasteiger charge is 2.42. The number of aliphatic carboxylic acids is 5. The molecule has 5 aromatic rings. The molecule has 21 N–H and O–H groups in total. The van der Waals surface area contributed by atoms with Crippen molar-refractivity contribution in [2.45, 2.75) is 225 Å². The van der Waals surface area contributed by atoms with E-state index in [1.165, 1.54) is 66.7 Å². The second-order valence-corrected chi connectivity index (χ2v) is 37.1. The van der Waals surface area contributed by atoms with Crippen LogP contribution in [-0.2, 0) is 99.1 Å². The monoisotopic (exact) mass is 1990 g/mol. The lowest BCUT2D eigenvalue weighted by molar-refractivity contribution is -0.161. The van der Waals surface area contributed by atoms with Crippen LogP contribution in [0, 0.1) is 40.9 Å². The first-order chi connectivity index (χ1) is 65.3. The number of anilines is 2. The number of hydrazine groups is 1. The molecular weight excluding hydrogens is 1870 g/mol. The molecule has 754 valence electrons. The number of nitrogens with two attached hydrogens (primary N) is 2. The van der Waals surface area contributed by atoms with Crippen LogP contribution < -0.4 is 65.1 Å². The zero-order chi connectivity index (χ0) is 102. The van der Waals surface area contributed by atoms with E-state index < -0.39 is 242 Å². The summed E-state index contributed by atoms with van der Waals surface area (Å²) in [7, 11) is 3.69. The molecule has 4 heterocycles. The van der Waals surface area contributed by atoms with E-state index in [1.54, 1.807) is 19.1 Å². The van der Waals surface area contributed by atoms with Crippen molar-refractivity contribution in [3.63, 3.8) is 0 Å². The number of nitrogens with zero attached hydrogens (tertiary/aromatic N) is 6. The van der Waals surface area contributed by atoms with E-state index in [-0.39, 0.29) is 127 Å². The number of H-pyrrole nitrogens is 1. The fraction of sp³-hybridized carbons (Fsp3) is 0.545. The number of Topliss-reactive ketones (excluding diaryl/α,β-unsaturated/α-hetero) is 3. The molecule has 0 saturated carbocycles. The van der Waals surface area contributed by atoms with Gasteiger partial charge >= 0.3 is 47.9 Å². The molecule has 2 aromatic carbocycles. The van der Waals surface area contributed by atoms with Gasteiger partial charge in [0.25, 0.3) is 17.4 Å². The Morgan fingerprint density at radius 3 is 1.97 bits per heavy atom. The molecule has 0 aliphatic carbocycles. The average molecular weight is 1990 g/mol. The number of carboxylic acids is 5. The predicted molar refractivity (Wildman–Crippen MR) is 500 cm³/mol. The number of guanidine groups is 1. The van der Waals surface area contributed by atoms with Crippen molar-refractivity contribution >= 4 is 168 Å². The molecular formula is C88H121N19O28S3. The Hall–Kier alpha value is -13.5. The number of likely N-dealkylation sites (N-methyl/N-ethyl adjacent to an activating group) is 1. The maximum atomic E-state index is 15.1. The summed E-state index contributed by atoms with van der Waals surface area (Å²) in [5.74, 6) is -26.4. The minimum absolute atomic E-state index is 0.0148. The van der Waals surface area contributed by atoms with Crippen LogP contribution in [-0.4, -0.2) is 265 Å². The molecule has 50 heteroatoms. The number of nitrogen functional groups attached to an aromatic ring is 1. The number of ketones is 3. The second kappa shape index (κ2) is 56.9. The highest BCUT2D eigenvalue weighted by atomic mass is 33.1. The zero-order valence-electron chi connectivity index (χ0n) is 77.5. The molecule has 1 unspecified atom stereocenters. The van der Waals surface area contributed by atoms with Crippen molar-refractivity contribution in [1.29, 1.82) is 5.41 Å². The number of carboxylic acid groups (broad SMARTS) is 5. The van der Waals surface area contributed by atoms with Gasteiger partial charge in [-0.1, -0.05) is 88.1 Å². The number of aromatic amines is 1. The SMILES string of the molecule is CCCC(=O)OCN(C(=O)[C@@H](NC(=O)[C@H]1CCCCN1C)C(C)CC)[C@H](C[C@@H](OC(C)=O)c1nc(C(=O)N[C@@H](Cc2ccc(O)cc2)C[C@H](C)C(=O)NNC(=O)OCCSSC[C@@H](CC(=O)[C@@H](CC(=O)O)NC(=O)[C@@H](CC(=O)O)CC(=O)[C@@H](CCCNC(=N)N)NC(=O)[C@@H](CC(=O)O)CC(=O)CC[C@@H](NC(=O)c2ccc(NCc3cnc4nc(N)[nH]c(=O)c4n3)cc2)C(=O)O)C(=O)O)cs1)C(C)C. The number of hydrogen-bond donors (Lipinski definition) is 19. The van der Waals surface area contributed by atoms with E-state index in [0.29, 0.717) is 42.8 Å². The second-order valence-electron chi connectivity index (χ2n) is 33.5. The third-order valence-corrected chi connectivity index (χ3v) is 25.7. The molecule has 3 aromatic heterocycles. The number of carbonyl (C=O) groups is 18. The fourth-order valence-electron chi connectivity index (χ4n) is 14.6. The summed E-state index contributed by atoms with van der Waals surface area (Å²) in [4.78, 5) is 275. The fourth-order valence-corrected chi connectivity index (χ4v) is 17.6. The maximum Gasteiger partial charge on any atom is 0.426 e. The number of phenolic OH excluding ortho intramolecular Hbond substituents is 1. The molecule has 138 heavy (non-hydrogen) atoms. The van der Waals surface area contributed by atoms with Gasteiger partial charge in [-0.05, 0) is 119 Å². The molecule has 0 spiro atoms. The molecule has 1 aliphatic rings. The smallest absolute Gasteiger partial charge is 0.426 e. The van der Waals surface area contributed by atoms with Crippen LogP contribution in [0.3, 0.4) is 0 Å². The summed E-state index contributed by atoms with van der Waals surface area (Å²) < 4.78 is 16.8. The first-order valence-corrected chi connectivity index (χ1v) is 47.9. The number of carbonyl (C=O) groups excluding carboxylic acids is 13. The molecule has 0 bridgehead atoms. The molecule has 47 nitrogen and oxygen atoms in total. The summed E-state index contributed by atoms with van der Waals surface area (Å²) >= 11 is 0.988. The highest BCUT2D eigenvalue weighted by molar-refractivity contribution is 8.76. The molecule has 13 atom stereocenters. The van der Waals surface area contributed by atoms with Crippen LogP contribution in [0.2, 0.25) is 0 Å². The summed E-state index contributed by atoms with van der Waals surface area (Å²) in [6.45, 7) is 11.7. The van der Waals surface area contributed by atoms with Gasteiger partial charge in [0, 0.05) is 98.1 Å². The van der Waals surface area contributed by atoms with Crippen molar-refractivity contribution in [3.8, 4) is 5.75 Å². The first kappa shape index (κ1) is 113. The molecule has 0 radical (unpaired) electrons. The number of aromatic hydroxyl groups is 1. The van der Waals surface area contributed by atoms with E-state index in [4.69, 9.17) is 31.1 Å². The van der Waals surface area contributed by atoms with Gasteiger partial charge in [-0.2, -0.15) is 4.98 Å². The van der Waals surface area contributed by atoms with Crippen LogP contribution in [0.5, 0.6) is 5.75 Å². The quantitative estimate of drug-likeness (QED) is 0.00384. The van der Waals surface area contributed by atoms with Gasteiger partial charge in [-0.3, -0.25) is 102 Å². The average Bonchev–Trinajstić information content (AvgIpc) is 1.18. The number of likely N-dealkylation sites (tertiary alicyclic amines) is 1. The van der Waals surface area contributed by atoms with E-state index in [2.05, 4.69) is 73.0 Å². The zero-order valence-corrected chi connectivity index (χ0v) is 79.9. The third kappa shape index (κ3) is 38.6. The Kier molecular flexibility index (Phi) is 46.7. The molecule has 1 saturated heterocycles. The summed E-state index contributed by atoms with van der Waals surface area (Å²) in [5.41, 5.74) is 16.0. The van der Waals surface area contributed by atoms with Gasteiger partial charge < -0.3 is 98.4 Å². The van der Waals surface area contributed by atoms with Crippen molar-refractivity contribution in [2.75, 3.05) is 56.0 Å². The van der Waals surface area contributed by atoms with Crippen LogP contribution in [0.1, 0.15) is 207 Å². The number of fused-ring (bicyclic) bond motifs is 1. The largest absolute Gasteiger partial charge is 0.508 e. The van der Waals surface area contributed by atoms with E-state index in [0.717, 1.165) is 45.8 Å². The summed E-state index contributed by atoms with van der Waals surface area (Å²) in [5, 5.41) is 87.3. The summed E-state index contributed by atoms with van der Waals surface area (Å²) in [6, 6.07) is 3.10. The Bertz CT molecular complexity index is 5180. The summed E-state index contributed by atoms with van der Waals surface area (Å²) in [6.07, 6.45) is -5.52.